The van der Waals surface area contributed by atoms with Gasteiger partial charge in [-0.15, -0.1) is 0 Å². The number of carbonyl (C=O) groups is 2. The maximum atomic E-state index is 11.1. The number of aliphatic carboxylic acids is 1. The van der Waals surface area contributed by atoms with Crippen LogP contribution in [0, 0.1) is 5.92 Å². The van der Waals surface area contributed by atoms with Crippen molar-refractivity contribution in [2.24, 2.45) is 5.92 Å². The van der Waals surface area contributed by atoms with E-state index in [-0.39, 0.29) is 13.0 Å². The second-order valence-corrected chi connectivity index (χ2v) is 3.27. The predicted octanol–water partition coefficient (Wildman–Crippen LogP) is 1.78. The average Bonchev–Trinajstić information content (AvgIpc) is 2.03. The highest BCUT2D eigenvalue weighted by Gasteiger charge is 2.26. The topological polar surface area (TPSA) is 63.6 Å². The van der Waals surface area contributed by atoms with E-state index in [4.69, 9.17) is 16.7 Å². The summed E-state index contributed by atoms with van der Waals surface area (Å²) in [5.74, 6) is -3.09. The Morgan fingerprint density at radius 3 is 2.50 bits per heavy atom. The first-order valence-electron chi connectivity index (χ1n) is 4.20. The minimum atomic E-state index is -1.20. The van der Waals surface area contributed by atoms with E-state index in [2.05, 4.69) is 4.74 Å². The Bertz CT molecular complexity index is 243. The molecule has 80 valence electrons. The molecule has 0 aromatic heterocycles. The highest BCUT2D eigenvalue weighted by atomic mass is 35.5. The summed E-state index contributed by atoms with van der Waals surface area (Å²) >= 11 is 5.52. The van der Waals surface area contributed by atoms with Crippen molar-refractivity contribution in [2.45, 2.75) is 20.3 Å². The third kappa shape index (κ3) is 4.87. The molecule has 0 heterocycles. The van der Waals surface area contributed by atoms with E-state index >= 15 is 0 Å². The molecular formula is C9H13ClO4. The van der Waals surface area contributed by atoms with E-state index in [0.717, 1.165) is 0 Å². The van der Waals surface area contributed by atoms with Crippen molar-refractivity contribution in [3.63, 3.8) is 0 Å². The van der Waals surface area contributed by atoms with E-state index < -0.39 is 17.9 Å². The van der Waals surface area contributed by atoms with Gasteiger partial charge in [0.25, 0.3) is 0 Å². The fourth-order valence-corrected chi connectivity index (χ4v) is 0.910. The Kier molecular flexibility index (Phi) is 5.95. The molecule has 0 radical (unpaired) electrons. The molecule has 1 atom stereocenters. The molecule has 5 heteroatoms. The van der Waals surface area contributed by atoms with Gasteiger partial charge in [0.15, 0.2) is 5.92 Å². The molecule has 0 aromatic carbocycles. The van der Waals surface area contributed by atoms with Gasteiger partial charge in [-0.3, -0.25) is 9.59 Å². The Labute approximate surface area is 87.5 Å². The summed E-state index contributed by atoms with van der Waals surface area (Å²) in [5, 5.41) is 9.17. The summed E-state index contributed by atoms with van der Waals surface area (Å²) in [6.07, 6.45) is 1.54. The molecule has 0 spiro atoms. The minimum Gasteiger partial charge on any atom is -0.481 e. The first-order chi connectivity index (χ1) is 6.49. The third-order valence-electron chi connectivity index (χ3n) is 1.50. The number of carbonyl (C=O) groups excluding carboxylic acids is 1. The normalized spacial score (nSPS) is 13.5. The number of allylic oxidation sites excluding steroid dienone is 2. The third-order valence-corrected chi connectivity index (χ3v) is 1.66. The maximum absolute atomic E-state index is 11.1. The second-order valence-electron chi connectivity index (χ2n) is 2.67. The number of ether oxygens (including phenoxy) is 1. The fourth-order valence-electron chi connectivity index (χ4n) is 0.821. The lowest BCUT2D eigenvalue weighted by Gasteiger charge is -2.08. The summed E-state index contributed by atoms with van der Waals surface area (Å²) in [4.78, 5) is 21.8. The summed E-state index contributed by atoms with van der Waals surface area (Å²) in [5.41, 5.74) is 0. The molecule has 1 N–H and O–H groups in total. The van der Waals surface area contributed by atoms with Crippen molar-refractivity contribution in [1.82, 2.24) is 0 Å². The summed E-state index contributed by atoms with van der Waals surface area (Å²) in [6.45, 7) is 3.41. The van der Waals surface area contributed by atoms with Crippen LogP contribution in [0.25, 0.3) is 0 Å². The van der Waals surface area contributed by atoms with Crippen LogP contribution in [0.15, 0.2) is 11.1 Å². The van der Waals surface area contributed by atoms with Crippen LogP contribution in [0.5, 0.6) is 0 Å². The Morgan fingerprint density at radius 2 is 2.14 bits per heavy atom. The molecule has 0 rings (SSSR count). The SMILES string of the molecule is CCOC(=O)C(CC=C(C)Cl)C(=O)O. The van der Waals surface area contributed by atoms with E-state index in [1.165, 1.54) is 6.08 Å². The molecule has 0 saturated carbocycles. The number of halogens is 1. The van der Waals surface area contributed by atoms with Crippen molar-refractivity contribution in [3.05, 3.63) is 11.1 Å². The highest BCUT2D eigenvalue weighted by Crippen LogP contribution is 2.11. The minimum absolute atomic E-state index is 0.0590. The number of hydrogen-bond acceptors (Lipinski definition) is 3. The van der Waals surface area contributed by atoms with Gasteiger partial charge in [0.2, 0.25) is 0 Å². The van der Waals surface area contributed by atoms with Gasteiger partial charge in [-0.1, -0.05) is 17.7 Å². The Morgan fingerprint density at radius 1 is 1.57 bits per heavy atom. The van der Waals surface area contributed by atoms with Crippen LogP contribution in [-0.4, -0.2) is 23.7 Å². The molecular weight excluding hydrogens is 208 g/mol. The van der Waals surface area contributed by atoms with Crippen molar-refractivity contribution < 1.29 is 19.4 Å². The smallest absolute Gasteiger partial charge is 0.320 e. The molecule has 0 saturated heterocycles. The van der Waals surface area contributed by atoms with Crippen molar-refractivity contribution in [3.8, 4) is 0 Å². The molecule has 0 aliphatic carbocycles. The average molecular weight is 221 g/mol. The van der Waals surface area contributed by atoms with E-state index in [1.807, 2.05) is 0 Å². The fraction of sp³-hybridized carbons (Fsp3) is 0.556. The van der Waals surface area contributed by atoms with Crippen LogP contribution in [0.4, 0.5) is 0 Å². The van der Waals surface area contributed by atoms with Crippen LogP contribution < -0.4 is 0 Å². The molecule has 4 nitrogen and oxygen atoms in total. The zero-order valence-corrected chi connectivity index (χ0v) is 8.87. The van der Waals surface area contributed by atoms with Gasteiger partial charge < -0.3 is 9.84 Å². The second kappa shape index (κ2) is 6.43. The quantitative estimate of drug-likeness (QED) is 0.567. The van der Waals surface area contributed by atoms with Gasteiger partial charge in [0.1, 0.15) is 0 Å². The van der Waals surface area contributed by atoms with Gasteiger partial charge in [0, 0.05) is 5.03 Å². The number of esters is 1. The van der Waals surface area contributed by atoms with Crippen LogP contribution >= 0.6 is 11.6 Å². The largest absolute Gasteiger partial charge is 0.481 e. The van der Waals surface area contributed by atoms with Gasteiger partial charge in [-0.2, -0.15) is 0 Å². The Balaban J connectivity index is 4.37. The molecule has 0 aromatic rings. The lowest BCUT2D eigenvalue weighted by Crippen LogP contribution is -2.25. The molecule has 14 heavy (non-hydrogen) atoms. The van der Waals surface area contributed by atoms with Gasteiger partial charge in [-0.05, 0) is 20.3 Å². The number of hydrogen-bond donors (Lipinski definition) is 1. The first kappa shape index (κ1) is 13.0. The molecule has 0 fully saturated rings. The van der Waals surface area contributed by atoms with Crippen LogP contribution in [-0.2, 0) is 14.3 Å². The van der Waals surface area contributed by atoms with Gasteiger partial charge in [0.05, 0.1) is 6.61 Å². The molecule has 0 bridgehead atoms. The lowest BCUT2D eigenvalue weighted by atomic mass is 10.1. The van der Waals surface area contributed by atoms with Crippen LogP contribution in [0.2, 0.25) is 0 Å². The number of rotatable bonds is 5. The standard InChI is InChI=1S/C9H13ClO4/c1-3-14-9(13)7(8(11)12)5-4-6(2)10/h4,7H,3,5H2,1-2H3,(H,11,12). The maximum Gasteiger partial charge on any atom is 0.320 e. The summed E-state index contributed by atoms with van der Waals surface area (Å²) < 4.78 is 4.61. The molecule has 1 unspecified atom stereocenters. The zero-order valence-electron chi connectivity index (χ0n) is 8.12. The monoisotopic (exact) mass is 220 g/mol. The number of carboxylic acid groups (broad SMARTS) is 1. The Hall–Kier alpha value is -1.03. The van der Waals surface area contributed by atoms with Crippen LogP contribution in [0.1, 0.15) is 20.3 Å². The first-order valence-corrected chi connectivity index (χ1v) is 4.58. The summed E-state index contributed by atoms with van der Waals surface area (Å²) in [6, 6.07) is 0. The van der Waals surface area contributed by atoms with E-state index in [1.54, 1.807) is 13.8 Å². The predicted molar refractivity (Wildman–Crippen MR) is 52.0 cm³/mol. The zero-order chi connectivity index (χ0) is 11.1. The van der Waals surface area contributed by atoms with Crippen molar-refractivity contribution >= 4 is 23.5 Å². The van der Waals surface area contributed by atoms with Gasteiger partial charge >= 0.3 is 11.9 Å². The van der Waals surface area contributed by atoms with Crippen LogP contribution in [0.3, 0.4) is 0 Å². The number of carboxylic acids is 1. The van der Waals surface area contributed by atoms with Crippen molar-refractivity contribution in [1.29, 1.82) is 0 Å². The summed E-state index contributed by atoms with van der Waals surface area (Å²) in [7, 11) is 0. The highest BCUT2D eigenvalue weighted by molar-refractivity contribution is 6.29. The van der Waals surface area contributed by atoms with E-state index in [9.17, 15) is 9.59 Å². The van der Waals surface area contributed by atoms with Crippen molar-refractivity contribution in [2.75, 3.05) is 6.61 Å². The molecule has 0 aliphatic heterocycles. The van der Waals surface area contributed by atoms with E-state index in [0.29, 0.717) is 5.03 Å². The molecule has 0 amide bonds. The van der Waals surface area contributed by atoms with Gasteiger partial charge in [-0.25, -0.2) is 0 Å². The lowest BCUT2D eigenvalue weighted by molar-refractivity contribution is -0.158. The molecule has 0 aliphatic rings.